The Balaban J connectivity index is 2.02. The molecule has 2 N–H and O–H groups in total. The van der Waals surface area contributed by atoms with E-state index in [2.05, 4.69) is 15.5 Å². The predicted octanol–water partition coefficient (Wildman–Crippen LogP) is 4.43. The predicted molar refractivity (Wildman–Crippen MR) is 98.9 cm³/mol. The molecule has 0 bridgehead atoms. The van der Waals surface area contributed by atoms with E-state index in [9.17, 15) is 9.18 Å². The van der Waals surface area contributed by atoms with Gasteiger partial charge in [-0.1, -0.05) is 31.5 Å². The molecule has 0 saturated carbocycles. The Morgan fingerprint density at radius 2 is 2.04 bits per heavy atom. The molecule has 0 aliphatic carbocycles. The van der Waals surface area contributed by atoms with Crippen LogP contribution in [-0.2, 0) is 6.42 Å². The zero-order valence-corrected chi connectivity index (χ0v) is 14.7. The molecule has 0 aliphatic heterocycles. The molecular formula is C20H20FN3O2. The number of methoxy groups -OCH3 is 1. The highest BCUT2D eigenvalue weighted by Crippen LogP contribution is 2.35. The first-order valence-corrected chi connectivity index (χ1v) is 8.41. The summed E-state index contributed by atoms with van der Waals surface area (Å²) in [4.78, 5) is 12.6. The van der Waals surface area contributed by atoms with Crippen molar-refractivity contribution in [2.75, 3.05) is 12.4 Å². The Labute approximate surface area is 151 Å². The van der Waals surface area contributed by atoms with E-state index in [1.807, 2.05) is 31.2 Å². The van der Waals surface area contributed by atoms with Gasteiger partial charge in [0.05, 0.1) is 18.5 Å². The number of ether oxygens (including phenoxy) is 1. The minimum Gasteiger partial charge on any atom is -0.496 e. The quantitative estimate of drug-likeness (QED) is 0.689. The van der Waals surface area contributed by atoms with Gasteiger partial charge >= 0.3 is 0 Å². The van der Waals surface area contributed by atoms with Crippen LogP contribution >= 0.6 is 0 Å². The highest BCUT2D eigenvalue weighted by atomic mass is 19.1. The molecule has 0 saturated heterocycles. The van der Waals surface area contributed by atoms with E-state index < -0.39 is 5.82 Å². The third-order valence-electron chi connectivity index (χ3n) is 4.03. The van der Waals surface area contributed by atoms with Gasteiger partial charge in [0, 0.05) is 11.1 Å². The lowest BCUT2D eigenvalue weighted by Crippen LogP contribution is -2.13. The minimum absolute atomic E-state index is 0.250. The number of nitrogens with one attached hydrogen (secondary N) is 2. The number of amides is 1. The Morgan fingerprint density at radius 3 is 2.77 bits per heavy atom. The summed E-state index contributed by atoms with van der Waals surface area (Å²) in [6.07, 6.45) is 1.61. The highest BCUT2D eigenvalue weighted by Gasteiger charge is 2.20. The second kappa shape index (κ2) is 7.82. The second-order valence-corrected chi connectivity index (χ2v) is 5.84. The molecule has 3 aromatic rings. The summed E-state index contributed by atoms with van der Waals surface area (Å²) in [6, 6.07) is 13.0. The first-order valence-electron chi connectivity index (χ1n) is 8.41. The molecule has 5 nitrogen and oxygen atoms in total. The average molecular weight is 353 g/mol. The molecule has 1 aromatic heterocycles. The van der Waals surface area contributed by atoms with E-state index in [4.69, 9.17) is 4.74 Å². The van der Waals surface area contributed by atoms with Crippen LogP contribution in [0.1, 0.15) is 29.4 Å². The summed E-state index contributed by atoms with van der Waals surface area (Å²) in [7, 11) is 1.59. The topological polar surface area (TPSA) is 67.0 Å². The number of halogens is 1. The monoisotopic (exact) mass is 353 g/mol. The van der Waals surface area contributed by atoms with Gasteiger partial charge in [-0.2, -0.15) is 5.10 Å². The summed E-state index contributed by atoms with van der Waals surface area (Å²) < 4.78 is 18.8. The van der Waals surface area contributed by atoms with E-state index in [1.165, 1.54) is 18.2 Å². The van der Waals surface area contributed by atoms with Crippen molar-refractivity contribution in [3.8, 4) is 17.0 Å². The van der Waals surface area contributed by atoms with Gasteiger partial charge < -0.3 is 10.1 Å². The molecule has 26 heavy (non-hydrogen) atoms. The van der Waals surface area contributed by atoms with Crippen LogP contribution < -0.4 is 10.1 Å². The summed E-state index contributed by atoms with van der Waals surface area (Å²) >= 11 is 0. The van der Waals surface area contributed by atoms with Crippen LogP contribution in [0.3, 0.4) is 0 Å². The fraction of sp³-hybridized carbons (Fsp3) is 0.200. The number of carbonyl (C=O) groups excluding carboxylic acids is 1. The van der Waals surface area contributed by atoms with Gasteiger partial charge in [-0.05, 0) is 36.8 Å². The average Bonchev–Trinajstić information content (AvgIpc) is 3.04. The second-order valence-electron chi connectivity index (χ2n) is 5.84. The van der Waals surface area contributed by atoms with E-state index in [0.29, 0.717) is 17.1 Å². The SMILES string of the molecule is CCCc1[nH]nc(-c2ccccc2OC)c1NC(=O)c1cccc(F)c1. The number of aromatic nitrogens is 2. The number of hydrogen-bond donors (Lipinski definition) is 2. The van der Waals surface area contributed by atoms with Crippen molar-refractivity contribution in [3.63, 3.8) is 0 Å². The molecule has 0 atom stereocenters. The third kappa shape index (κ3) is 3.59. The maximum atomic E-state index is 13.4. The van der Waals surface area contributed by atoms with Crippen LogP contribution in [0.5, 0.6) is 5.75 Å². The minimum atomic E-state index is -0.455. The maximum absolute atomic E-state index is 13.4. The third-order valence-corrected chi connectivity index (χ3v) is 4.03. The first kappa shape index (κ1) is 17.7. The Bertz CT molecular complexity index is 921. The molecule has 2 aromatic carbocycles. The lowest BCUT2D eigenvalue weighted by atomic mass is 10.1. The van der Waals surface area contributed by atoms with Crippen molar-refractivity contribution < 1.29 is 13.9 Å². The number of benzene rings is 2. The Hall–Kier alpha value is -3.15. The van der Waals surface area contributed by atoms with Gasteiger partial charge in [-0.25, -0.2) is 4.39 Å². The standard InChI is InChI=1S/C20H20FN3O2/c1-3-7-16-19(22-20(25)13-8-6-9-14(21)12-13)18(24-23-16)15-10-4-5-11-17(15)26-2/h4-6,8-12H,3,7H2,1-2H3,(H,22,25)(H,23,24). The van der Waals surface area contributed by atoms with Crippen LogP contribution in [0.15, 0.2) is 48.5 Å². The van der Waals surface area contributed by atoms with Crippen molar-refractivity contribution in [2.45, 2.75) is 19.8 Å². The largest absolute Gasteiger partial charge is 0.496 e. The van der Waals surface area contributed by atoms with Crippen LogP contribution in [0, 0.1) is 5.82 Å². The van der Waals surface area contributed by atoms with Crippen molar-refractivity contribution in [2.24, 2.45) is 0 Å². The lowest BCUT2D eigenvalue weighted by Gasteiger charge is -2.11. The van der Waals surface area contributed by atoms with E-state index in [-0.39, 0.29) is 11.5 Å². The molecule has 0 aliphatic rings. The summed E-state index contributed by atoms with van der Waals surface area (Å²) in [5, 5.41) is 10.3. The molecule has 0 radical (unpaired) electrons. The van der Waals surface area contributed by atoms with Gasteiger partial charge in [0.2, 0.25) is 0 Å². The van der Waals surface area contributed by atoms with E-state index >= 15 is 0 Å². The summed E-state index contributed by atoms with van der Waals surface area (Å²) in [6.45, 7) is 2.04. The van der Waals surface area contributed by atoms with Gasteiger partial charge in [0.25, 0.3) is 5.91 Å². The number of H-pyrrole nitrogens is 1. The van der Waals surface area contributed by atoms with Crippen molar-refractivity contribution >= 4 is 11.6 Å². The molecule has 134 valence electrons. The van der Waals surface area contributed by atoms with E-state index in [0.717, 1.165) is 24.1 Å². The van der Waals surface area contributed by atoms with Gasteiger partial charge in [0.1, 0.15) is 17.3 Å². The number of carbonyl (C=O) groups is 1. The molecule has 0 unspecified atom stereocenters. The molecular weight excluding hydrogens is 333 g/mol. The van der Waals surface area contributed by atoms with Crippen LogP contribution in [0.25, 0.3) is 11.3 Å². The van der Waals surface area contributed by atoms with Crippen molar-refractivity contribution in [1.29, 1.82) is 0 Å². The van der Waals surface area contributed by atoms with Gasteiger partial charge in [-0.15, -0.1) is 0 Å². The lowest BCUT2D eigenvalue weighted by molar-refractivity contribution is 0.102. The molecule has 3 rings (SSSR count). The highest BCUT2D eigenvalue weighted by molar-refractivity contribution is 6.06. The number of rotatable bonds is 6. The zero-order valence-electron chi connectivity index (χ0n) is 14.7. The van der Waals surface area contributed by atoms with Crippen LogP contribution in [0.2, 0.25) is 0 Å². The van der Waals surface area contributed by atoms with Gasteiger partial charge in [-0.3, -0.25) is 9.89 Å². The Morgan fingerprint density at radius 1 is 1.23 bits per heavy atom. The molecule has 1 heterocycles. The molecule has 6 heteroatoms. The fourth-order valence-electron chi connectivity index (χ4n) is 2.79. The smallest absolute Gasteiger partial charge is 0.255 e. The first-order chi connectivity index (χ1) is 12.6. The number of hydrogen-bond acceptors (Lipinski definition) is 3. The normalized spacial score (nSPS) is 10.6. The fourth-order valence-corrected chi connectivity index (χ4v) is 2.79. The number of aryl methyl sites for hydroxylation is 1. The van der Waals surface area contributed by atoms with Gasteiger partial charge in [0.15, 0.2) is 0 Å². The van der Waals surface area contributed by atoms with E-state index in [1.54, 1.807) is 13.2 Å². The Kier molecular flexibility index (Phi) is 5.31. The molecule has 0 spiro atoms. The molecule has 0 fully saturated rings. The summed E-state index contributed by atoms with van der Waals surface area (Å²) in [5.74, 6) is -0.189. The van der Waals surface area contributed by atoms with Crippen molar-refractivity contribution in [1.82, 2.24) is 10.2 Å². The number of anilines is 1. The maximum Gasteiger partial charge on any atom is 0.255 e. The van der Waals surface area contributed by atoms with Crippen molar-refractivity contribution in [3.05, 3.63) is 65.6 Å². The molecule has 1 amide bonds. The van der Waals surface area contributed by atoms with Crippen LogP contribution in [-0.4, -0.2) is 23.2 Å². The number of para-hydroxylation sites is 1. The zero-order chi connectivity index (χ0) is 18.5. The number of aromatic amines is 1. The number of nitrogens with zero attached hydrogens (tertiary/aromatic N) is 1. The van der Waals surface area contributed by atoms with Crippen LogP contribution in [0.4, 0.5) is 10.1 Å². The summed E-state index contributed by atoms with van der Waals surface area (Å²) in [5.41, 5.74) is 3.02.